The molecule has 0 saturated carbocycles. The first-order valence-electron chi connectivity index (χ1n) is 12.5. The minimum Gasteiger partial charge on any atom is -0.345 e. The number of nitrogens with zero attached hydrogens (tertiary/aromatic N) is 1. The number of para-hydroxylation sites is 1. The van der Waals surface area contributed by atoms with Crippen molar-refractivity contribution in [2.45, 2.75) is 26.4 Å². The molecule has 0 heterocycles. The van der Waals surface area contributed by atoms with Gasteiger partial charge in [-0.1, -0.05) is 66.7 Å². The number of sulfonamides is 1. The summed E-state index contributed by atoms with van der Waals surface area (Å²) in [6.07, 6.45) is 1.16. The normalized spacial score (nSPS) is 11.9. The third kappa shape index (κ3) is 6.91. The third-order valence-electron chi connectivity index (χ3n) is 6.46. The van der Waals surface area contributed by atoms with Gasteiger partial charge in [-0.15, -0.1) is 0 Å². The van der Waals surface area contributed by atoms with Crippen molar-refractivity contribution in [2.75, 3.05) is 15.9 Å². The highest BCUT2D eigenvalue weighted by atomic mass is 32.2. The van der Waals surface area contributed by atoms with Gasteiger partial charge in [0, 0.05) is 5.56 Å². The molecule has 0 fully saturated rings. The van der Waals surface area contributed by atoms with Crippen LogP contribution in [0.1, 0.15) is 50.4 Å². The lowest BCUT2D eigenvalue weighted by Crippen LogP contribution is -2.29. The molecule has 2 N–H and O–H groups in total. The predicted octanol–water partition coefficient (Wildman–Crippen LogP) is 5.70. The van der Waals surface area contributed by atoms with E-state index in [4.69, 9.17) is 0 Å². The maximum Gasteiger partial charge on any atom is 0.255 e. The lowest BCUT2D eigenvalue weighted by molar-refractivity contribution is 0.0940. The first-order valence-corrected chi connectivity index (χ1v) is 14.4. The van der Waals surface area contributed by atoms with E-state index in [0.29, 0.717) is 22.5 Å². The molecule has 200 valence electrons. The van der Waals surface area contributed by atoms with Crippen molar-refractivity contribution in [1.82, 2.24) is 5.32 Å². The second kappa shape index (κ2) is 12.0. The second-order valence-corrected chi connectivity index (χ2v) is 11.3. The Bertz CT molecular complexity index is 1570. The Labute approximate surface area is 229 Å². The molecule has 4 aromatic carbocycles. The van der Waals surface area contributed by atoms with Crippen LogP contribution in [0.5, 0.6) is 0 Å². The van der Waals surface area contributed by atoms with Gasteiger partial charge in [0.1, 0.15) is 0 Å². The zero-order valence-electron chi connectivity index (χ0n) is 22.1. The number of amides is 2. The molecule has 1 atom stereocenters. The van der Waals surface area contributed by atoms with Crippen molar-refractivity contribution in [3.63, 3.8) is 0 Å². The Hall–Kier alpha value is -4.43. The van der Waals surface area contributed by atoms with E-state index in [9.17, 15) is 18.0 Å². The van der Waals surface area contributed by atoms with Crippen LogP contribution in [-0.4, -0.2) is 26.5 Å². The highest BCUT2D eigenvalue weighted by molar-refractivity contribution is 7.92. The van der Waals surface area contributed by atoms with Crippen LogP contribution in [0.15, 0.2) is 103 Å². The van der Waals surface area contributed by atoms with Gasteiger partial charge < -0.3 is 10.6 Å². The van der Waals surface area contributed by atoms with Gasteiger partial charge in [0.05, 0.1) is 35.8 Å². The minimum atomic E-state index is -3.57. The van der Waals surface area contributed by atoms with E-state index in [1.807, 2.05) is 68.4 Å². The van der Waals surface area contributed by atoms with Crippen molar-refractivity contribution in [3.05, 3.63) is 131 Å². The molecular formula is C31H31N3O4S. The van der Waals surface area contributed by atoms with E-state index < -0.39 is 15.9 Å². The molecule has 0 saturated heterocycles. The zero-order chi connectivity index (χ0) is 28.0. The number of hydrogen-bond donors (Lipinski definition) is 2. The Kier molecular flexibility index (Phi) is 8.46. The summed E-state index contributed by atoms with van der Waals surface area (Å²) in [5.41, 5.74) is 4.35. The summed E-state index contributed by atoms with van der Waals surface area (Å²) in [5, 5.41) is 5.79. The number of nitrogens with one attached hydrogen (secondary N) is 2. The molecule has 0 aliphatic carbocycles. The standard InChI is InChI=1S/C31H31N3O4S/c1-22-11-7-8-14-26(22)21-34(39(3,37)38)27-19-17-25(18-20-27)30(35)33-29-16-10-9-15-28(29)31(36)32-23(2)24-12-5-4-6-13-24/h4-20,23H,21H2,1-3H3,(H,32,36)(H,33,35)/t23-/m0/s1. The quantitative estimate of drug-likeness (QED) is 0.284. The van der Waals surface area contributed by atoms with Crippen LogP contribution in [0.4, 0.5) is 11.4 Å². The Balaban J connectivity index is 1.50. The molecule has 0 unspecified atom stereocenters. The van der Waals surface area contributed by atoms with Crippen molar-refractivity contribution in [1.29, 1.82) is 0 Å². The minimum absolute atomic E-state index is 0.181. The van der Waals surface area contributed by atoms with Gasteiger partial charge in [-0.05, 0) is 66.9 Å². The average Bonchev–Trinajstić information content (AvgIpc) is 2.92. The van der Waals surface area contributed by atoms with Gasteiger partial charge in [-0.3, -0.25) is 13.9 Å². The van der Waals surface area contributed by atoms with E-state index in [0.717, 1.165) is 22.9 Å². The number of carbonyl (C=O) groups excluding carboxylic acids is 2. The van der Waals surface area contributed by atoms with Crippen LogP contribution in [0.25, 0.3) is 0 Å². The van der Waals surface area contributed by atoms with Gasteiger partial charge >= 0.3 is 0 Å². The monoisotopic (exact) mass is 541 g/mol. The molecule has 0 aliphatic heterocycles. The number of aryl methyl sites for hydroxylation is 1. The maximum absolute atomic E-state index is 13.1. The molecule has 0 aliphatic rings. The molecule has 0 aromatic heterocycles. The van der Waals surface area contributed by atoms with Gasteiger partial charge in [-0.2, -0.15) is 0 Å². The molecule has 2 amide bonds. The van der Waals surface area contributed by atoms with E-state index >= 15 is 0 Å². The van der Waals surface area contributed by atoms with Crippen molar-refractivity contribution in [3.8, 4) is 0 Å². The number of rotatable bonds is 9. The van der Waals surface area contributed by atoms with Gasteiger partial charge in [0.25, 0.3) is 11.8 Å². The molecule has 8 heteroatoms. The van der Waals surface area contributed by atoms with E-state index in [2.05, 4.69) is 10.6 Å². The SMILES string of the molecule is Cc1ccccc1CN(c1ccc(C(=O)Nc2ccccc2C(=O)N[C@@H](C)c2ccccc2)cc1)S(C)(=O)=O. The summed E-state index contributed by atoms with van der Waals surface area (Å²) < 4.78 is 26.5. The van der Waals surface area contributed by atoms with Crippen LogP contribution in [0, 0.1) is 6.92 Å². The average molecular weight is 542 g/mol. The molecule has 39 heavy (non-hydrogen) atoms. The lowest BCUT2D eigenvalue weighted by atomic mass is 10.1. The maximum atomic E-state index is 13.1. The van der Waals surface area contributed by atoms with Crippen molar-refractivity contribution in [2.24, 2.45) is 0 Å². The molecule has 0 radical (unpaired) electrons. The largest absolute Gasteiger partial charge is 0.345 e. The fraction of sp³-hybridized carbons (Fsp3) is 0.161. The molecule has 0 spiro atoms. The fourth-order valence-electron chi connectivity index (χ4n) is 4.21. The van der Waals surface area contributed by atoms with E-state index in [-0.39, 0.29) is 18.5 Å². The number of benzene rings is 4. The summed E-state index contributed by atoms with van der Waals surface area (Å²) >= 11 is 0. The topological polar surface area (TPSA) is 95.6 Å². The van der Waals surface area contributed by atoms with Crippen molar-refractivity contribution < 1.29 is 18.0 Å². The summed E-state index contributed by atoms with van der Waals surface area (Å²) in [5.74, 6) is -0.722. The van der Waals surface area contributed by atoms with E-state index in [1.165, 1.54) is 4.31 Å². The van der Waals surface area contributed by atoms with Crippen molar-refractivity contribution >= 4 is 33.2 Å². The second-order valence-electron chi connectivity index (χ2n) is 9.35. The molecule has 4 rings (SSSR count). The number of carbonyl (C=O) groups is 2. The summed E-state index contributed by atoms with van der Waals surface area (Å²) in [4.78, 5) is 26.1. The van der Waals surface area contributed by atoms with E-state index in [1.54, 1.807) is 48.5 Å². The molecule has 7 nitrogen and oxygen atoms in total. The first kappa shape index (κ1) is 27.6. The summed E-state index contributed by atoms with van der Waals surface area (Å²) in [6.45, 7) is 4.01. The third-order valence-corrected chi connectivity index (χ3v) is 7.60. The highest BCUT2D eigenvalue weighted by Gasteiger charge is 2.20. The van der Waals surface area contributed by atoms with Gasteiger partial charge in [0.2, 0.25) is 10.0 Å². The van der Waals surface area contributed by atoms with Crippen LogP contribution < -0.4 is 14.9 Å². The molecule has 0 bridgehead atoms. The smallest absolute Gasteiger partial charge is 0.255 e. The number of anilines is 2. The Morgan fingerprint density at radius 1 is 0.795 bits per heavy atom. The van der Waals surface area contributed by atoms with Crippen LogP contribution in [-0.2, 0) is 16.6 Å². The Morgan fingerprint density at radius 3 is 2.08 bits per heavy atom. The zero-order valence-corrected chi connectivity index (χ0v) is 22.9. The predicted molar refractivity (Wildman–Crippen MR) is 155 cm³/mol. The van der Waals surface area contributed by atoms with Gasteiger partial charge in [0.15, 0.2) is 0 Å². The highest BCUT2D eigenvalue weighted by Crippen LogP contribution is 2.24. The van der Waals surface area contributed by atoms with Gasteiger partial charge in [-0.25, -0.2) is 8.42 Å². The number of hydrogen-bond acceptors (Lipinski definition) is 4. The summed E-state index contributed by atoms with van der Waals surface area (Å²) in [6, 6.07) is 30.2. The Morgan fingerprint density at radius 2 is 1.41 bits per heavy atom. The fourth-order valence-corrected chi connectivity index (χ4v) is 5.08. The first-order chi connectivity index (χ1) is 18.6. The molecular weight excluding hydrogens is 510 g/mol. The lowest BCUT2D eigenvalue weighted by Gasteiger charge is -2.23. The molecule has 4 aromatic rings. The van der Waals surface area contributed by atoms with Crippen LogP contribution in [0.3, 0.4) is 0 Å². The van der Waals surface area contributed by atoms with Crippen LogP contribution in [0.2, 0.25) is 0 Å². The summed E-state index contributed by atoms with van der Waals surface area (Å²) in [7, 11) is -3.57. The van der Waals surface area contributed by atoms with Crippen LogP contribution >= 0.6 is 0 Å².